The van der Waals surface area contributed by atoms with Crippen molar-refractivity contribution in [2.75, 3.05) is 26.7 Å². The van der Waals surface area contributed by atoms with Crippen molar-refractivity contribution in [3.05, 3.63) is 30.2 Å². The van der Waals surface area contributed by atoms with Crippen molar-refractivity contribution < 1.29 is 0 Å². The Kier molecular flexibility index (Phi) is 4.51. The number of fused-ring (bicyclic) bond motifs is 1. The first-order valence-corrected chi connectivity index (χ1v) is 7.94. The summed E-state index contributed by atoms with van der Waals surface area (Å²) in [6.07, 6.45) is 5.61. The minimum atomic E-state index is 0.562. The molecule has 2 unspecified atom stereocenters. The summed E-state index contributed by atoms with van der Waals surface area (Å²) < 4.78 is 2.07. The van der Waals surface area contributed by atoms with Crippen molar-refractivity contribution in [2.24, 2.45) is 5.92 Å². The minimum Gasteiger partial charge on any atom is -0.313 e. The second-order valence-corrected chi connectivity index (χ2v) is 6.20. The van der Waals surface area contributed by atoms with Gasteiger partial charge in [0.05, 0.1) is 0 Å². The van der Waals surface area contributed by atoms with E-state index in [0.29, 0.717) is 6.04 Å². The van der Waals surface area contributed by atoms with E-state index in [0.717, 1.165) is 30.4 Å². The van der Waals surface area contributed by atoms with Crippen LogP contribution in [0, 0.1) is 5.92 Å². The van der Waals surface area contributed by atoms with E-state index in [1.54, 1.807) is 0 Å². The normalized spacial score (nSPS) is 21.7. The fourth-order valence-electron chi connectivity index (χ4n) is 3.25. The first-order valence-electron chi connectivity index (χ1n) is 7.94. The maximum atomic E-state index is 4.28. The van der Waals surface area contributed by atoms with Gasteiger partial charge in [0.2, 0.25) is 0 Å². The molecule has 5 nitrogen and oxygen atoms in total. The largest absolute Gasteiger partial charge is 0.313 e. The molecule has 1 saturated heterocycles. The average molecular weight is 287 g/mol. The molecule has 0 bridgehead atoms. The molecule has 2 aromatic rings. The van der Waals surface area contributed by atoms with Crippen molar-refractivity contribution in [1.29, 1.82) is 0 Å². The molecule has 0 aromatic carbocycles. The second-order valence-electron chi connectivity index (χ2n) is 6.20. The van der Waals surface area contributed by atoms with Gasteiger partial charge in [0, 0.05) is 31.7 Å². The molecular formula is C16H25N5. The Morgan fingerprint density at radius 3 is 3.14 bits per heavy atom. The highest BCUT2D eigenvalue weighted by Gasteiger charge is 2.22. The molecule has 2 atom stereocenters. The summed E-state index contributed by atoms with van der Waals surface area (Å²) in [5, 5.41) is 12.1. The van der Waals surface area contributed by atoms with Gasteiger partial charge in [-0.2, -0.15) is 0 Å². The second kappa shape index (κ2) is 6.54. The summed E-state index contributed by atoms with van der Waals surface area (Å²) in [6, 6.07) is 6.57. The maximum Gasteiger partial charge on any atom is 0.160 e. The molecule has 3 heterocycles. The fourth-order valence-corrected chi connectivity index (χ4v) is 3.25. The van der Waals surface area contributed by atoms with Crippen molar-refractivity contribution >= 4 is 5.65 Å². The molecule has 0 amide bonds. The summed E-state index contributed by atoms with van der Waals surface area (Å²) in [4.78, 5) is 2.44. The molecule has 0 radical (unpaired) electrons. The Balaban J connectivity index is 1.51. The van der Waals surface area contributed by atoms with Crippen LogP contribution < -0.4 is 5.32 Å². The van der Waals surface area contributed by atoms with Crippen LogP contribution in [0.2, 0.25) is 0 Å². The van der Waals surface area contributed by atoms with E-state index in [1.807, 2.05) is 24.4 Å². The first kappa shape index (κ1) is 14.5. The summed E-state index contributed by atoms with van der Waals surface area (Å²) >= 11 is 0. The topological polar surface area (TPSA) is 45.5 Å². The Hall–Kier alpha value is -1.46. The van der Waals surface area contributed by atoms with Gasteiger partial charge in [-0.15, -0.1) is 10.2 Å². The van der Waals surface area contributed by atoms with Crippen LogP contribution in [-0.4, -0.2) is 52.2 Å². The predicted octanol–water partition coefficient (Wildman–Crippen LogP) is 1.59. The average Bonchev–Trinajstić information content (AvgIpc) is 2.91. The smallest absolute Gasteiger partial charge is 0.160 e. The number of hydrogen-bond acceptors (Lipinski definition) is 4. The lowest BCUT2D eigenvalue weighted by molar-refractivity contribution is 0.179. The number of pyridine rings is 1. The molecule has 2 aromatic heterocycles. The third-order valence-corrected chi connectivity index (χ3v) is 4.57. The monoisotopic (exact) mass is 287 g/mol. The van der Waals surface area contributed by atoms with Gasteiger partial charge < -0.3 is 10.2 Å². The van der Waals surface area contributed by atoms with Crippen molar-refractivity contribution in [3.63, 3.8) is 0 Å². The molecule has 1 aliphatic rings. The van der Waals surface area contributed by atoms with Crippen LogP contribution in [0.5, 0.6) is 0 Å². The number of aromatic nitrogens is 3. The number of piperidine rings is 1. The van der Waals surface area contributed by atoms with Crippen LogP contribution in [0.15, 0.2) is 24.4 Å². The van der Waals surface area contributed by atoms with Gasteiger partial charge in [-0.3, -0.25) is 4.40 Å². The highest BCUT2D eigenvalue weighted by molar-refractivity contribution is 5.36. The molecule has 21 heavy (non-hydrogen) atoms. The van der Waals surface area contributed by atoms with E-state index in [4.69, 9.17) is 0 Å². The highest BCUT2D eigenvalue weighted by Crippen LogP contribution is 2.18. The van der Waals surface area contributed by atoms with Crippen molar-refractivity contribution in [3.8, 4) is 0 Å². The highest BCUT2D eigenvalue weighted by atomic mass is 15.2. The summed E-state index contributed by atoms with van der Waals surface area (Å²) in [7, 11) is 2.22. The van der Waals surface area contributed by atoms with Crippen molar-refractivity contribution in [2.45, 2.75) is 32.2 Å². The standard InChI is InChI=1S/C16H25N5/c1-13(14-6-5-10-20(2)12-14)17-9-8-16-19-18-15-7-3-4-11-21(15)16/h3-4,7,11,13-14,17H,5-6,8-10,12H2,1-2H3. The third-order valence-electron chi connectivity index (χ3n) is 4.57. The van der Waals surface area contributed by atoms with E-state index in [9.17, 15) is 0 Å². The molecular weight excluding hydrogens is 262 g/mol. The van der Waals surface area contributed by atoms with Gasteiger partial charge >= 0.3 is 0 Å². The molecule has 114 valence electrons. The predicted molar refractivity (Wildman–Crippen MR) is 84.4 cm³/mol. The van der Waals surface area contributed by atoms with Crippen LogP contribution in [0.25, 0.3) is 5.65 Å². The molecule has 0 spiro atoms. The zero-order valence-electron chi connectivity index (χ0n) is 13.0. The lowest BCUT2D eigenvalue weighted by Gasteiger charge is -2.34. The molecule has 3 rings (SSSR count). The molecule has 1 aliphatic heterocycles. The summed E-state index contributed by atoms with van der Waals surface area (Å²) in [6.45, 7) is 5.72. The van der Waals surface area contributed by atoms with Gasteiger partial charge in [0.15, 0.2) is 5.65 Å². The van der Waals surface area contributed by atoms with Gasteiger partial charge in [-0.05, 0) is 51.4 Å². The maximum absolute atomic E-state index is 4.28. The Bertz CT molecular complexity index is 579. The fraction of sp³-hybridized carbons (Fsp3) is 0.625. The van der Waals surface area contributed by atoms with E-state index in [-0.39, 0.29) is 0 Å². The molecule has 0 saturated carbocycles. The number of nitrogens with one attached hydrogen (secondary N) is 1. The third kappa shape index (κ3) is 3.41. The molecule has 0 aliphatic carbocycles. The summed E-state index contributed by atoms with van der Waals surface area (Å²) in [5.74, 6) is 1.80. The van der Waals surface area contributed by atoms with E-state index in [1.165, 1.54) is 25.9 Å². The SMILES string of the molecule is CC(NCCc1nnc2ccccn12)C1CCCN(C)C1. The number of rotatable bonds is 5. The van der Waals surface area contributed by atoms with Crippen LogP contribution in [-0.2, 0) is 6.42 Å². The molecule has 1 N–H and O–H groups in total. The quantitative estimate of drug-likeness (QED) is 0.907. The van der Waals surface area contributed by atoms with E-state index < -0.39 is 0 Å². The number of likely N-dealkylation sites (tertiary alicyclic amines) is 1. The summed E-state index contributed by atoms with van der Waals surface area (Å²) in [5.41, 5.74) is 0.925. The first-order chi connectivity index (χ1) is 10.2. The van der Waals surface area contributed by atoms with Crippen LogP contribution >= 0.6 is 0 Å². The zero-order chi connectivity index (χ0) is 14.7. The van der Waals surface area contributed by atoms with E-state index >= 15 is 0 Å². The molecule has 1 fully saturated rings. The minimum absolute atomic E-state index is 0.562. The van der Waals surface area contributed by atoms with Crippen LogP contribution in [0.3, 0.4) is 0 Å². The Labute approximate surface area is 126 Å². The van der Waals surface area contributed by atoms with E-state index in [2.05, 4.69) is 38.8 Å². The number of hydrogen-bond donors (Lipinski definition) is 1. The van der Waals surface area contributed by atoms with Gasteiger partial charge in [0.1, 0.15) is 5.82 Å². The number of nitrogens with zero attached hydrogens (tertiary/aromatic N) is 4. The van der Waals surface area contributed by atoms with Crippen LogP contribution in [0.4, 0.5) is 0 Å². The Morgan fingerprint density at radius 1 is 1.38 bits per heavy atom. The lowest BCUT2D eigenvalue weighted by atomic mass is 9.92. The van der Waals surface area contributed by atoms with Crippen LogP contribution in [0.1, 0.15) is 25.6 Å². The molecule has 5 heteroatoms. The lowest BCUT2D eigenvalue weighted by Crippen LogP contribution is -2.43. The van der Waals surface area contributed by atoms with Gasteiger partial charge in [-0.1, -0.05) is 6.07 Å². The van der Waals surface area contributed by atoms with Crippen molar-refractivity contribution in [1.82, 2.24) is 24.8 Å². The zero-order valence-corrected chi connectivity index (χ0v) is 13.0. The Morgan fingerprint density at radius 2 is 2.29 bits per heavy atom. The van der Waals surface area contributed by atoms with Gasteiger partial charge in [-0.25, -0.2) is 0 Å². The van der Waals surface area contributed by atoms with Gasteiger partial charge in [0.25, 0.3) is 0 Å².